The Morgan fingerprint density at radius 3 is 2.47 bits per heavy atom. The van der Waals surface area contributed by atoms with E-state index in [1.54, 1.807) is 6.07 Å². The fourth-order valence-corrected chi connectivity index (χ4v) is 2.03. The topological polar surface area (TPSA) is 69.2 Å². The molecule has 5 heteroatoms. The molecule has 0 unspecified atom stereocenters. The van der Waals surface area contributed by atoms with Crippen LogP contribution in [0.25, 0.3) is 11.3 Å². The van der Waals surface area contributed by atoms with Crippen LogP contribution < -0.4 is 4.90 Å². The Bertz CT molecular complexity index is 630. The molecule has 2 rings (SSSR count). The smallest absolute Gasteiger partial charge is 0.353 e. The summed E-state index contributed by atoms with van der Waals surface area (Å²) in [5.74, 6) is -1.00. The average Bonchev–Trinajstić information content (AvgIpc) is 2.81. The van der Waals surface area contributed by atoms with Gasteiger partial charge in [0.15, 0.2) is 0 Å². The molecule has 0 fully saturated rings. The highest BCUT2D eigenvalue weighted by Gasteiger charge is 2.12. The molecule has 0 aliphatic carbocycles. The number of hydrogen-bond acceptors (Lipinski definition) is 3. The SMILES string of the molecule is Cc1cc(-c2cc(C(=O)O)[nH]n2)cc(N(C)C)c1C. The van der Waals surface area contributed by atoms with E-state index in [9.17, 15) is 4.79 Å². The van der Waals surface area contributed by atoms with E-state index in [1.807, 2.05) is 38.1 Å². The standard InChI is InChI=1S/C14H17N3O2/c1-8-5-10(6-13(9(8)2)17(3)4)11-7-12(14(18)19)16-15-11/h5-7H,1-4H3,(H,15,16)(H,18,19). The van der Waals surface area contributed by atoms with Crippen LogP contribution in [0.15, 0.2) is 18.2 Å². The second-order valence-electron chi connectivity index (χ2n) is 4.80. The monoisotopic (exact) mass is 259 g/mol. The van der Waals surface area contributed by atoms with Crippen LogP contribution in [-0.2, 0) is 0 Å². The lowest BCUT2D eigenvalue weighted by atomic mass is 10.0. The zero-order chi connectivity index (χ0) is 14.2. The number of H-pyrrole nitrogens is 1. The summed E-state index contributed by atoms with van der Waals surface area (Å²) in [6.07, 6.45) is 0. The van der Waals surface area contributed by atoms with E-state index in [4.69, 9.17) is 5.11 Å². The van der Waals surface area contributed by atoms with Crippen LogP contribution in [0, 0.1) is 13.8 Å². The number of rotatable bonds is 3. The van der Waals surface area contributed by atoms with Crippen LogP contribution in [0.2, 0.25) is 0 Å². The quantitative estimate of drug-likeness (QED) is 0.888. The maximum absolute atomic E-state index is 10.9. The molecule has 0 amide bonds. The molecule has 100 valence electrons. The minimum Gasteiger partial charge on any atom is -0.477 e. The Labute approximate surface area is 111 Å². The van der Waals surface area contributed by atoms with Crippen LogP contribution in [0.4, 0.5) is 5.69 Å². The molecule has 19 heavy (non-hydrogen) atoms. The number of aryl methyl sites for hydroxylation is 1. The average molecular weight is 259 g/mol. The second kappa shape index (κ2) is 4.76. The fourth-order valence-electron chi connectivity index (χ4n) is 2.03. The number of carboxylic acid groups (broad SMARTS) is 1. The van der Waals surface area contributed by atoms with Gasteiger partial charge in [-0.05, 0) is 43.2 Å². The highest BCUT2D eigenvalue weighted by Crippen LogP contribution is 2.29. The van der Waals surface area contributed by atoms with Gasteiger partial charge in [-0.3, -0.25) is 5.10 Å². The first kappa shape index (κ1) is 13.1. The number of benzene rings is 1. The zero-order valence-electron chi connectivity index (χ0n) is 11.5. The molecule has 2 aromatic rings. The molecule has 5 nitrogen and oxygen atoms in total. The van der Waals surface area contributed by atoms with Crippen molar-refractivity contribution in [3.8, 4) is 11.3 Å². The van der Waals surface area contributed by atoms with Crippen molar-refractivity contribution in [1.82, 2.24) is 10.2 Å². The van der Waals surface area contributed by atoms with Crippen molar-refractivity contribution in [1.29, 1.82) is 0 Å². The van der Waals surface area contributed by atoms with Gasteiger partial charge in [-0.25, -0.2) is 4.79 Å². The van der Waals surface area contributed by atoms with Crippen molar-refractivity contribution in [2.24, 2.45) is 0 Å². The van der Waals surface area contributed by atoms with E-state index in [0.29, 0.717) is 5.69 Å². The lowest BCUT2D eigenvalue weighted by molar-refractivity contribution is 0.0690. The molecule has 1 heterocycles. The first-order valence-corrected chi connectivity index (χ1v) is 5.98. The van der Waals surface area contributed by atoms with Gasteiger partial charge in [0.05, 0.1) is 5.69 Å². The molecular weight excluding hydrogens is 242 g/mol. The number of hydrogen-bond donors (Lipinski definition) is 2. The lowest BCUT2D eigenvalue weighted by Crippen LogP contribution is -2.11. The molecule has 0 bridgehead atoms. The Hall–Kier alpha value is -2.30. The molecule has 1 aromatic heterocycles. The molecule has 0 spiro atoms. The van der Waals surface area contributed by atoms with E-state index >= 15 is 0 Å². The highest BCUT2D eigenvalue weighted by molar-refractivity contribution is 5.87. The Kier molecular flexibility index (Phi) is 3.29. The number of nitrogens with zero attached hydrogens (tertiary/aromatic N) is 2. The van der Waals surface area contributed by atoms with Crippen molar-refractivity contribution in [3.05, 3.63) is 35.0 Å². The molecule has 0 atom stereocenters. The number of anilines is 1. The van der Waals surface area contributed by atoms with Gasteiger partial charge in [-0.2, -0.15) is 5.10 Å². The number of aromatic nitrogens is 2. The first-order valence-electron chi connectivity index (χ1n) is 5.98. The fraction of sp³-hybridized carbons (Fsp3) is 0.286. The summed E-state index contributed by atoms with van der Waals surface area (Å²) in [7, 11) is 3.97. The minimum absolute atomic E-state index is 0.0969. The number of carboxylic acids is 1. The summed E-state index contributed by atoms with van der Waals surface area (Å²) in [6, 6.07) is 5.58. The number of aromatic amines is 1. The van der Waals surface area contributed by atoms with Crippen molar-refractivity contribution >= 4 is 11.7 Å². The third kappa shape index (κ3) is 2.45. The van der Waals surface area contributed by atoms with Gasteiger partial charge in [-0.15, -0.1) is 0 Å². The third-order valence-electron chi connectivity index (χ3n) is 3.23. The molecule has 0 aliphatic heterocycles. The summed E-state index contributed by atoms with van der Waals surface area (Å²) in [6.45, 7) is 4.11. The van der Waals surface area contributed by atoms with Crippen molar-refractivity contribution < 1.29 is 9.90 Å². The second-order valence-corrected chi connectivity index (χ2v) is 4.80. The van der Waals surface area contributed by atoms with Gasteiger partial charge in [0.1, 0.15) is 5.69 Å². The van der Waals surface area contributed by atoms with E-state index in [2.05, 4.69) is 17.1 Å². The van der Waals surface area contributed by atoms with Gasteiger partial charge < -0.3 is 10.0 Å². The van der Waals surface area contributed by atoms with Crippen LogP contribution in [0.5, 0.6) is 0 Å². The molecule has 0 saturated carbocycles. The molecule has 0 aliphatic rings. The van der Waals surface area contributed by atoms with Crippen LogP contribution >= 0.6 is 0 Å². The van der Waals surface area contributed by atoms with Gasteiger partial charge in [0.25, 0.3) is 0 Å². The Morgan fingerprint density at radius 1 is 1.26 bits per heavy atom. The largest absolute Gasteiger partial charge is 0.477 e. The van der Waals surface area contributed by atoms with E-state index < -0.39 is 5.97 Å². The first-order chi connectivity index (χ1) is 8.90. The van der Waals surface area contributed by atoms with Crippen molar-refractivity contribution in [2.75, 3.05) is 19.0 Å². The predicted molar refractivity (Wildman–Crippen MR) is 74.8 cm³/mol. The van der Waals surface area contributed by atoms with Crippen LogP contribution in [0.1, 0.15) is 21.6 Å². The van der Waals surface area contributed by atoms with Gasteiger partial charge in [0, 0.05) is 25.3 Å². The van der Waals surface area contributed by atoms with Gasteiger partial charge in [0.2, 0.25) is 0 Å². The van der Waals surface area contributed by atoms with Crippen LogP contribution in [0.3, 0.4) is 0 Å². The summed E-state index contributed by atoms with van der Waals surface area (Å²) in [4.78, 5) is 12.9. The summed E-state index contributed by atoms with van der Waals surface area (Å²) < 4.78 is 0. The number of nitrogens with one attached hydrogen (secondary N) is 1. The maximum Gasteiger partial charge on any atom is 0.353 e. The summed E-state index contributed by atoms with van der Waals surface area (Å²) in [5, 5.41) is 15.5. The predicted octanol–water partition coefficient (Wildman–Crippen LogP) is 2.46. The van der Waals surface area contributed by atoms with Gasteiger partial charge in [-0.1, -0.05) is 0 Å². The van der Waals surface area contributed by atoms with Crippen molar-refractivity contribution in [3.63, 3.8) is 0 Å². The maximum atomic E-state index is 10.9. The molecule has 0 saturated heterocycles. The number of carbonyl (C=O) groups is 1. The molecule has 0 radical (unpaired) electrons. The van der Waals surface area contributed by atoms with E-state index in [0.717, 1.165) is 16.8 Å². The Balaban J connectivity index is 2.53. The molecule has 1 aromatic carbocycles. The highest BCUT2D eigenvalue weighted by atomic mass is 16.4. The van der Waals surface area contributed by atoms with Crippen molar-refractivity contribution in [2.45, 2.75) is 13.8 Å². The van der Waals surface area contributed by atoms with Crippen LogP contribution in [-0.4, -0.2) is 35.4 Å². The Morgan fingerprint density at radius 2 is 1.95 bits per heavy atom. The van der Waals surface area contributed by atoms with E-state index in [1.165, 1.54) is 5.56 Å². The van der Waals surface area contributed by atoms with E-state index in [-0.39, 0.29) is 5.69 Å². The zero-order valence-corrected chi connectivity index (χ0v) is 11.5. The number of aromatic carboxylic acids is 1. The normalized spacial score (nSPS) is 10.5. The minimum atomic E-state index is -1.00. The third-order valence-corrected chi connectivity index (χ3v) is 3.23. The van der Waals surface area contributed by atoms with Gasteiger partial charge >= 0.3 is 5.97 Å². The molecule has 2 N–H and O–H groups in total. The molecular formula is C14H17N3O2. The summed E-state index contributed by atoms with van der Waals surface area (Å²) >= 11 is 0. The summed E-state index contributed by atoms with van der Waals surface area (Å²) in [5.41, 5.74) is 5.12. The lowest BCUT2D eigenvalue weighted by Gasteiger charge is -2.18.